The molecule has 0 spiro atoms. The van der Waals surface area contributed by atoms with Crippen LogP contribution in [-0.2, 0) is 0 Å². The smallest absolute Gasteiger partial charge is 0.329 e. The Hall–Kier alpha value is -1.53. The minimum atomic E-state index is -1.22. The van der Waals surface area contributed by atoms with E-state index in [2.05, 4.69) is 16.8 Å². The molecule has 1 aliphatic rings. The van der Waals surface area contributed by atoms with Gasteiger partial charge < -0.3 is 15.3 Å². The van der Waals surface area contributed by atoms with Crippen molar-refractivity contribution in [1.29, 1.82) is 0 Å². The number of aliphatic hydroxyl groups is 3. The van der Waals surface area contributed by atoms with Crippen molar-refractivity contribution in [2.24, 2.45) is 0 Å². The third kappa shape index (κ3) is 2.53. The number of hydrogen-bond acceptors (Lipinski definition) is 6. The number of thioether (sulfide) groups is 1. The van der Waals surface area contributed by atoms with E-state index in [-0.39, 0.29) is 12.2 Å². The highest BCUT2D eigenvalue weighted by Gasteiger charge is 2.43. The molecule has 1 aromatic rings. The predicted molar refractivity (Wildman–Crippen MR) is 73.4 cm³/mol. The van der Waals surface area contributed by atoms with E-state index in [1.54, 1.807) is 6.92 Å². The molecule has 108 valence electrons. The highest BCUT2D eigenvalue weighted by atomic mass is 32.2. The van der Waals surface area contributed by atoms with E-state index in [4.69, 9.17) is 5.11 Å². The van der Waals surface area contributed by atoms with Crippen LogP contribution in [0.15, 0.2) is 15.8 Å². The van der Waals surface area contributed by atoms with E-state index >= 15 is 0 Å². The summed E-state index contributed by atoms with van der Waals surface area (Å²) in [4.78, 5) is 25.5. The van der Waals surface area contributed by atoms with Gasteiger partial charge in [0.05, 0.1) is 18.0 Å². The lowest BCUT2D eigenvalue weighted by atomic mass is 10.1. The highest BCUT2D eigenvalue weighted by Crippen LogP contribution is 2.40. The summed E-state index contributed by atoms with van der Waals surface area (Å²) >= 11 is 1.07. The summed E-state index contributed by atoms with van der Waals surface area (Å²) in [5, 5.41) is 27.5. The van der Waals surface area contributed by atoms with Crippen LogP contribution in [0.3, 0.4) is 0 Å². The minimum absolute atomic E-state index is 0.0989. The molecule has 1 aromatic heterocycles. The van der Waals surface area contributed by atoms with Crippen LogP contribution in [0.4, 0.5) is 0 Å². The minimum Gasteiger partial charge on any atom is -0.395 e. The van der Waals surface area contributed by atoms with Crippen LogP contribution >= 0.6 is 11.8 Å². The fraction of sp³-hybridized carbons (Fsp3) is 0.500. The molecule has 8 heteroatoms. The maximum Gasteiger partial charge on any atom is 0.329 e. The number of aliphatic hydroxyl groups excluding tert-OH is 3. The first-order valence-electron chi connectivity index (χ1n) is 5.90. The van der Waals surface area contributed by atoms with Crippen molar-refractivity contribution in [1.82, 2.24) is 9.55 Å². The van der Waals surface area contributed by atoms with Gasteiger partial charge in [0, 0.05) is 6.20 Å². The molecule has 2 rings (SSSR count). The van der Waals surface area contributed by atoms with Gasteiger partial charge in [-0.05, 0) is 6.92 Å². The Morgan fingerprint density at radius 2 is 2.10 bits per heavy atom. The van der Waals surface area contributed by atoms with Crippen molar-refractivity contribution in [3.8, 4) is 11.8 Å². The van der Waals surface area contributed by atoms with Gasteiger partial charge >= 0.3 is 5.69 Å². The first-order chi connectivity index (χ1) is 9.49. The normalized spacial score (nSPS) is 29.0. The molecule has 0 saturated carbocycles. The van der Waals surface area contributed by atoms with E-state index in [1.807, 2.05) is 0 Å². The van der Waals surface area contributed by atoms with Crippen molar-refractivity contribution < 1.29 is 15.3 Å². The number of nitrogens with zero attached hydrogens (tertiary/aromatic N) is 1. The Kier molecular flexibility index (Phi) is 4.35. The van der Waals surface area contributed by atoms with Crippen molar-refractivity contribution in [3.05, 3.63) is 32.6 Å². The summed E-state index contributed by atoms with van der Waals surface area (Å²) in [6.45, 7) is 1.23. The quantitative estimate of drug-likeness (QED) is 0.481. The van der Waals surface area contributed by atoms with Gasteiger partial charge in [0.25, 0.3) is 5.56 Å². The van der Waals surface area contributed by atoms with Gasteiger partial charge in [-0.1, -0.05) is 5.92 Å². The summed E-state index contributed by atoms with van der Waals surface area (Å²) in [7, 11) is 0. The van der Waals surface area contributed by atoms with Crippen LogP contribution in [0.25, 0.3) is 0 Å². The van der Waals surface area contributed by atoms with E-state index in [1.165, 1.54) is 6.20 Å². The van der Waals surface area contributed by atoms with Gasteiger partial charge in [0.1, 0.15) is 17.0 Å². The first-order valence-corrected chi connectivity index (χ1v) is 6.84. The van der Waals surface area contributed by atoms with E-state index in [0.717, 1.165) is 16.3 Å². The molecule has 4 N–H and O–H groups in total. The molecule has 0 radical (unpaired) electrons. The first kappa shape index (κ1) is 14.9. The molecule has 7 nitrogen and oxygen atoms in total. The third-order valence-corrected chi connectivity index (χ3v) is 4.58. The molecule has 4 atom stereocenters. The van der Waals surface area contributed by atoms with Crippen molar-refractivity contribution in [2.45, 2.75) is 29.8 Å². The predicted octanol–water partition coefficient (Wildman–Crippen LogP) is -1.76. The zero-order chi connectivity index (χ0) is 14.9. The van der Waals surface area contributed by atoms with Gasteiger partial charge in [0.2, 0.25) is 0 Å². The molecule has 1 aliphatic heterocycles. The molecule has 1 saturated heterocycles. The topological polar surface area (TPSA) is 116 Å². The van der Waals surface area contributed by atoms with Gasteiger partial charge in [0.15, 0.2) is 0 Å². The second kappa shape index (κ2) is 5.85. The summed E-state index contributed by atoms with van der Waals surface area (Å²) in [5.41, 5.74) is -1.20. The standard InChI is InChI=1S/C12H14N2O5S/c1-2-3-6-4-14(12(19)13-10(6)18)11-9(17)8(16)7(5-15)20-11/h4,7-9,11,15-17H,5H2,1H3,(H,13,18,19)/t7-,8+,9-,11-/m0/s1. The molecular weight excluding hydrogens is 284 g/mol. The second-order valence-corrected chi connectivity index (χ2v) is 5.67. The van der Waals surface area contributed by atoms with Crippen LogP contribution in [-0.4, -0.2) is 48.9 Å². The van der Waals surface area contributed by atoms with Crippen molar-refractivity contribution in [3.63, 3.8) is 0 Å². The number of nitrogens with one attached hydrogen (secondary N) is 1. The van der Waals surface area contributed by atoms with E-state index in [9.17, 15) is 19.8 Å². The zero-order valence-corrected chi connectivity index (χ0v) is 11.4. The Labute approximate surface area is 118 Å². The Bertz CT molecular complexity index is 671. The van der Waals surface area contributed by atoms with Gasteiger partial charge in [-0.3, -0.25) is 14.3 Å². The fourth-order valence-corrected chi connectivity index (χ4v) is 3.38. The number of aromatic nitrogens is 2. The fourth-order valence-electron chi connectivity index (χ4n) is 2.01. The van der Waals surface area contributed by atoms with Gasteiger partial charge in [-0.15, -0.1) is 17.7 Å². The second-order valence-electron chi connectivity index (χ2n) is 4.31. The molecular formula is C12H14N2O5S. The van der Waals surface area contributed by atoms with Gasteiger partial charge in [-0.25, -0.2) is 4.79 Å². The molecule has 0 unspecified atom stereocenters. The monoisotopic (exact) mass is 298 g/mol. The molecule has 0 aliphatic carbocycles. The van der Waals surface area contributed by atoms with E-state index < -0.39 is 34.1 Å². The SMILES string of the molecule is CC#Cc1cn([C@H]2S[C@@H](CO)[C@@H](O)[C@@H]2O)c(=O)[nH]c1=O. The van der Waals surface area contributed by atoms with Crippen LogP contribution < -0.4 is 11.2 Å². The average Bonchev–Trinajstić information content (AvgIpc) is 2.70. The van der Waals surface area contributed by atoms with E-state index in [0.29, 0.717) is 0 Å². The summed E-state index contributed by atoms with van der Waals surface area (Å²) in [6.07, 6.45) is -1.11. The maximum absolute atomic E-state index is 11.8. The molecule has 2 heterocycles. The number of H-pyrrole nitrogens is 1. The number of rotatable bonds is 2. The van der Waals surface area contributed by atoms with Crippen LogP contribution in [0.5, 0.6) is 0 Å². The molecule has 0 amide bonds. The highest BCUT2D eigenvalue weighted by molar-refractivity contribution is 8.00. The van der Waals surface area contributed by atoms with Crippen molar-refractivity contribution >= 4 is 11.8 Å². The van der Waals surface area contributed by atoms with Crippen LogP contribution in [0.1, 0.15) is 17.9 Å². The Morgan fingerprint density at radius 3 is 2.65 bits per heavy atom. The zero-order valence-electron chi connectivity index (χ0n) is 10.6. The maximum atomic E-state index is 11.8. The van der Waals surface area contributed by atoms with Crippen LogP contribution in [0, 0.1) is 11.8 Å². The number of hydrogen-bond donors (Lipinski definition) is 4. The number of aromatic amines is 1. The molecule has 1 fully saturated rings. The summed E-state index contributed by atoms with van der Waals surface area (Å²) in [6, 6.07) is 0. The molecule has 0 aromatic carbocycles. The van der Waals surface area contributed by atoms with Gasteiger partial charge in [-0.2, -0.15) is 0 Å². The third-order valence-electron chi connectivity index (χ3n) is 3.02. The molecule has 0 bridgehead atoms. The average molecular weight is 298 g/mol. The molecule has 20 heavy (non-hydrogen) atoms. The lowest BCUT2D eigenvalue weighted by Crippen LogP contribution is -2.38. The van der Waals surface area contributed by atoms with Crippen molar-refractivity contribution in [2.75, 3.05) is 6.61 Å². The lowest BCUT2D eigenvalue weighted by Gasteiger charge is -2.17. The summed E-state index contributed by atoms with van der Waals surface area (Å²) in [5.74, 6) is 5.12. The lowest BCUT2D eigenvalue weighted by molar-refractivity contribution is 0.0101. The Morgan fingerprint density at radius 1 is 1.40 bits per heavy atom. The Balaban J connectivity index is 2.47. The summed E-state index contributed by atoms with van der Waals surface area (Å²) < 4.78 is 1.12. The largest absolute Gasteiger partial charge is 0.395 e. The van der Waals surface area contributed by atoms with Crippen LogP contribution in [0.2, 0.25) is 0 Å².